The van der Waals surface area contributed by atoms with E-state index in [1.807, 2.05) is 0 Å². The lowest BCUT2D eigenvalue weighted by Gasteiger charge is -2.03. The predicted octanol–water partition coefficient (Wildman–Crippen LogP) is 0.385. The fraction of sp³-hybridized carbons (Fsp3) is 0.125. The van der Waals surface area contributed by atoms with Crippen molar-refractivity contribution in [1.29, 1.82) is 0 Å². The second-order valence-electron chi connectivity index (χ2n) is 2.66. The number of carbonyl (C=O) groups excluding carboxylic acids is 1. The number of hydrogen-bond acceptors (Lipinski definition) is 5. The molecular formula is C8H9NO4S. The molecule has 0 saturated heterocycles. The van der Waals surface area contributed by atoms with Crippen molar-refractivity contribution in [2.45, 2.75) is 0 Å². The Morgan fingerprint density at radius 3 is 2.43 bits per heavy atom. The van der Waals surface area contributed by atoms with Gasteiger partial charge in [-0.2, -0.15) is 8.42 Å². The smallest absolute Gasteiger partial charge is 0.355 e. The summed E-state index contributed by atoms with van der Waals surface area (Å²) in [6.07, 6.45) is 0.796. The van der Waals surface area contributed by atoms with Gasteiger partial charge in [-0.1, -0.05) is 12.1 Å². The van der Waals surface area contributed by atoms with Crippen molar-refractivity contribution < 1.29 is 17.4 Å². The molecule has 0 aromatic heterocycles. The van der Waals surface area contributed by atoms with Gasteiger partial charge in [-0.15, -0.1) is 0 Å². The summed E-state index contributed by atoms with van der Waals surface area (Å²) in [7, 11) is -3.79. The Labute approximate surface area is 81.6 Å². The van der Waals surface area contributed by atoms with Gasteiger partial charge < -0.3 is 9.92 Å². The molecule has 1 aromatic rings. The highest BCUT2D eigenvalue weighted by molar-refractivity contribution is 7.86. The fourth-order valence-corrected chi connectivity index (χ4v) is 1.23. The first-order valence-electron chi connectivity index (χ1n) is 3.68. The summed E-state index contributed by atoms with van der Waals surface area (Å²) in [6.45, 7) is 0. The maximum Gasteiger partial charge on any atom is 0.355 e. The van der Waals surface area contributed by atoms with Crippen LogP contribution in [0.2, 0.25) is 0 Å². The summed E-state index contributed by atoms with van der Waals surface area (Å²) in [5.74, 6) is -0.967. The summed E-state index contributed by atoms with van der Waals surface area (Å²) in [4.78, 5) is 11.2. The highest BCUT2D eigenvalue weighted by atomic mass is 32.2. The van der Waals surface area contributed by atoms with Crippen molar-refractivity contribution in [3.63, 3.8) is 0 Å². The van der Waals surface area contributed by atoms with Crippen LogP contribution in [0.4, 0.5) is 5.69 Å². The first-order chi connectivity index (χ1) is 6.40. The van der Waals surface area contributed by atoms with Gasteiger partial charge in [0.2, 0.25) is 0 Å². The van der Waals surface area contributed by atoms with E-state index in [1.165, 1.54) is 12.1 Å². The molecular weight excluding hydrogens is 206 g/mol. The first kappa shape index (κ1) is 10.5. The zero-order chi connectivity index (χ0) is 10.8. The van der Waals surface area contributed by atoms with Crippen molar-refractivity contribution in [2.75, 3.05) is 12.0 Å². The van der Waals surface area contributed by atoms with E-state index in [1.54, 1.807) is 12.1 Å². The number of benzene rings is 1. The van der Waals surface area contributed by atoms with Gasteiger partial charge in [0.1, 0.15) is 0 Å². The molecule has 0 fully saturated rings. The minimum atomic E-state index is -3.79. The van der Waals surface area contributed by atoms with E-state index in [2.05, 4.69) is 4.18 Å². The Hall–Kier alpha value is -1.56. The van der Waals surface area contributed by atoms with Crippen LogP contribution in [0.1, 0.15) is 10.4 Å². The molecule has 0 bridgehead atoms. The van der Waals surface area contributed by atoms with Gasteiger partial charge in [0.25, 0.3) is 0 Å². The maximum absolute atomic E-state index is 11.2. The van der Waals surface area contributed by atoms with Crippen molar-refractivity contribution in [1.82, 2.24) is 0 Å². The minimum Gasteiger partial charge on any atom is -0.398 e. The van der Waals surface area contributed by atoms with Gasteiger partial charge in [-0.05, 0) is 12.1 Å². The fourth-order valence-electron chi connectivity index (χ4n) is 0.865. The molecule has 1 aromatic carbocycles. The molecule has 0 unspecified atom stereocenters. The SMILES string of the molecule is CS(=O)(=O)OC(=O)c1ccccc1N. The van der Waals surface area contributed by atoms with Crippen LogP contribution in [0.25, 0.3) is 0 Å². The Bertz CT molecular complexity index is 452. The van der Waals surface area contributed by atoms with Crippen molar-refractivity contribution in [2.24, 2.45) is 0 Å². The highest BCUT2D eigenvalue weighted by Gasteiger charge is 2.15. The third-order valence-electron chi connectivity index (χ3n) is 1.41. The summed E-state index contributed by atoms with van der Waals surface area (Å²) < 4.78 is 25.4. The molecule has 14 heavy (non-hydrogen) atoms. The average molecular weight is 215 g/mol. The summed E-state index contributed by atoms with van der Waals surface area (Å²) in [6, 6.07) is 6.07. The Morgan fingerprint density at radius 1 is 1.36 bits per heavy atom. The molecule has 6 heteroatoms. The standard InChI is InChI=1S/C8H9NO4S/c1-14(11,12)13-8(10)6-4-2-3-5-7(6)9/h2-5H,9H2,1H3. The van der Waals surface area contributed by atoms with Crippen molar-refractivity contribution >= 4 is 21.8 Å². The highest BCUT2D eigenvalue weighted by Crippen LogP contribution is 2.12. The van der Waals surface area contributed by atoms with Crippen LogP contribution in [0.3, 0.4) is 0 Å². The molecule has 5 nitrogen and oxygen atoms in total. The van der Waals surface area contributed by atoms with Gasteiger partial charge in [-0.3, -0.25) is 0 Å². The zero-order valence-corrected chi connectivity index (χ0v) is 8.24. The van der Waals surface area contributed by atoms with Gasteiger partial charge in [0, 0.05) is 5.69 Å². The predicted molar refractivity (Wildman–Crippen MR) is 51.1 cm³/mol. The molecule has 0 amide bonds. The second kappa shape index (κ2) is 3.67. The zero-order valence-electron chi connectivity index (χ0n) is 7.43. The van der Waals surface area contributed by atoms with E-state index < -0.39 is 16.1 Å². The largest absolute Gasteiger partial charge is 0.398 e. The molecule has 0 heterocycles. The van der Waals surface area contributed by atoms with Crippen LogP contribution in [0, 0.1) is 0 Å². The van der Waals surface area contributed by atoms with Crippen LogP contribution in [-0.2, 0) is 14.3 Å². The van der Waals surface area contributed by atoms with Crippen LogP contribution >= 0.6 is 0 Å². The molecule has 76 valence electrons. The number of para-hydroxylation sites is 1. The van der Waals surface area contributed by atoms with Gasteiger partial charge in [-0.25, -0.2) is 4.79 Å². The number of nitrogens with two attached hydrogens (primary N) is 1. The molecule has 0 aliphatic rings. The molecule has 0 atom stereocenters. The Kier molecular flexibility index (Phi) is 2.76. The van der Waals surface area contributed by atoms with Crippen molar-refractivity contribution in [3.05, 3.63) is 29.8 Å². The van der Waals surface area contributed by atoms with Gasteiger partial charge in [0.05, 0.1) is 11.8 Å². The molecule has 0 radical (unpaired) electrons. The van der Waals surface area contributed by atoms with E-state index in [0.29, 0.717) is 0 Å². The van der Waals surface area contributed by atoms with Crippen LogP contribution in [0.5, 0.6) is 0 Å². The molecule has 0 spiro atoms. The number of rotatable bonds is 2. The summed E-state index contributed by atoms with van der Waals surface area (Å²) in [5, 5.41) is 0. The van der Waals surface area contributed by atoms with E-state index in [-0.39, 0.29) is 11.3 Å². The third kappa shape index (κ3) is 2.74. The van der Waals surface area contributed by atoms with Crippen LogP contribution in [0.15, 0.2) is 24.3 Å². The number of anilines is 1. The lowest BCUT2D eigenvalue weighted by Crippen LogP contribution is -2.12. The normalized spacial score (nSPS) is 10.9. The van der Waals surface area contributed by atoms with E-state index in [0.717, 1.165) is 6.26 Å². The maximum atomic E-state index is 11.2. The first-order valence-corrected chi connectivity index (χ1v) is 5.50. The number of hydrogen-bond donors (Lipinski definition) is 1. The third-order valence-corrected chi connectivity index (χ3v) is 1.86. The molecule has 0 aliphatic heterocycles. The monoisotopic (exact) mass is 215 g/mol. The van der Waals surface area contributed by atoms with Crippen LogP contribution in [-0.4, -0.2) is 20.6 Å². The Morgan fingerprint density at radius 2 is 1.93 bits per heavy atom. The Balaban J connectivity index is 2.97. The minimum absolute atomic E-state index is 0.0397. The van der Waals surface area contributed by atoms with E-state index in [9.17, 15) is 13.2 Å². The molecule has 0 saturated carbocycles. The number of nitrogen functional groups attached to an aromatic ring is 1. The van der Waals surface area contributed by atoms with E-state index >= 15 is 0 Å². The van der Waals surface area contributed by atoms with Gasteiger partial charge in [0.15, 0.2) is 0 Å². The lowest BCUT2D eigenvalue weighted by molar-refractivity contribution is 0.0749. The van der Waals surface area contributed by atoms with Gasteiger partial charge >= 0.3 is 16.1 Å². The quantitative estimate of drug-likeness (QED) is 0.569. The topological polar surface area (TPSA) is 86.5 Å². The molecule has 1 rings (SSSR count). The number of carbonyl (C=O) groups is 1. The summed E-state index contributed by atoms with van der Waals surface area (Å²) >= 11 is 0. The molecule has 2 N–H and O–H groups in total. The summed E-state index contributed by atoms with van der Waals surface area (Å²) in [5.41, 5.74) is 5.67. The lowest BCUT2D eigenvalue weighted by atomic mass is 10.2. The van der Waals surface area contributed by atoms with Crippen molar-refractivity contribution in [3.8, 4) is 0 Å². The average Bonchev–Trinajstić information content (AvgIpc) is 2.01. The van der Waals surface area contributed by atoms with Crippen LogP contribution < -0.4 is 5.73 Å². The van der Waals surface area contributed by atoms with E-state index in [4.69, 9.17) is 5.73 Å². The molecule has 0 aliphatic carbocycles. The second-order valence-corrected chi connectivity index (χ2v) is 4.24.